The minimum Gasteiger partial charge on any atom is -0.337 e. The molecular weight excluding hydrogens is 482 g/mol. The van der Waals surface area contributed by atoms with Crippen molar-refractivity contribution < 1.29 is 31.1 Å². The van der Waals surface area contributed by atoms with Gasteiger partial charge in [-0.25, -0.2) is 0 Å². The first-order valence-electron chi connectivity index (χ1n) is 5.76. The molecule has 92 valence electrons. The molecule has 0 amide bonds. The van der Waals surface area contributed by atoms with Gasteiger partial charge in [-0.05, 0) is 30.5 Å². The first kappa shape index (κ1) is 13.1. The van der Waals surface area contributed by atoms with E-state index in [9.17, 15) is 4.79 Å². The van der Waals surface area contributed by atoms with Crippen molar-refractivity contribution in [3.05, 3.63) is 56.8 Å². The third-order valence-corrected chi connectivity index (χ3v) is 4.21. The molecule has 0 unspecified atom stereocenters. The molecule has 0 radical (unpaired) electrons. The number of thiazole rings is 1. The van der Waals surface area contributed by atoms with Crippen LogP contribution in [0, 0.1) is 44.1 Å². The first-order chi connectivity index (χ1) is 8.74. The quantitative estimate of drug-likeness (QED) is 0.355. The number of para-hydroxylation sites is 1. The molecular formula is C14H9N2OSU-. The molecule has 4 rings (SSSR count). The van der Waals surface area contributed by atoms with Crippen LogP contribution in [0.5, 0.6) is 0 Å². The molecule has 3 aromatic rings. The van der Waals surface area contributed by atoms with Gasteiger partial charge in [0.1, 0.15) is 0 Å². The van der Waals surface area contributed by atoms with Crippen molar-refractivity contribution in [3.63, 3.8) is 0 Å². The number of hydrogen-bond donors (Lipinski definition) is 0. The van der Waals surface area contributed by atoms with E-state index in [2.05, 4.69) is 27.8 Å². The standard InChI is InChI=1S/C14H9N2OS.U/c1-8-15-13-12(17)7-10-6-9-4-2-3-5-11(9)16(10)14(13)18-8;/h2-5H,6H2,1H3;/q-1;. The normalized spacial score (nSPS) is 12.1. The Balaban J connectivity index is 0.00000110. The number of pyridine rings is 1. The second-order valence-electron chi connectivity index (χ2n) is 4.43. The van der Waals surface area contributed by atoms with E-state index in [4.69, 9.17) is 0 Å². The predicted molar refractivity (Wildman–Crippen MR) is 71.6 cm³/mol. The average molecular weight is 491 g/mol. The van der Waals surface area contributed by atoms with Crippen LogP contribution in [0.4, 0.5) is 0 Å². The number of benzene rings is 1. The molecule has 0 bridgehead atoms. The van der Waals surface area contributed by atoms with Crippen molar-refractivity contribution in [3.8, 4) is 5.69 Å². The van der Waals surface area contributed by atoms with Crippen molar-refractivity contribution >= 4 is 21.7 Å². The third-order valence-electron chi connectivity index (χ3n) is 3.25. The monoisotopic (exact) mass is 491 g/mol. The van der Waals surface area contributed by atoms with Crippen LogP contribution in [-0.2, 0) is 6.42 Å². The Labute approximate surface area is 137 Å². The van der Waals surface area contributed by atoms with Gasteiger partial charge in [-0.15, -0.1) is 11.3 Å². The molecule has 1 aliphatic rings. The van der Waals surface area contributed by atoms with Gasteiger partial charge in [-0.2, -0.15) is 6.07 Å². The predicted octanol–water partition coefficient (Wildman–Crippen LogP) is 2.46. The van der Waals surface area contributed by atoms with Crippen molar-refractivity contribution in [2.24, 2.45) is 0 Å². The summed E-state index contributed by atoms with van der Waals surface area (Å²) >= 11 is 1.57. The molecule has 3 nitrogen and oxygen atoms in total. The SMILES string of the molecule is Cc1nc2c(=O)[c-]c3n(c2s1)-c1ccccc1C3.[U]. The number of nitrogens with zero attached hydrogens (tertiary/aromatic N) is 2. The Bertz CT molecular complexity index is 850. The summed E-state index contributed by atoms with van der Waals surface area (Å²) in [5.41, 5.74) is 3.79. The van der Waals surface area contributed by atoms with E-state index in [1.807, 2.05) is 19.1 Å². The Morgan fingerprint density at radius 3 is 3.00 bits per heavy atom. The second-order valence-corrected chi connectivity index (χ2v) is 5.61. The van der Waals surface area contributed by atoms with Crippen molar-refractivity contribution in [1.82, 2.24) is 9.55 Å². The number of aryl methyl sites for hydroxylation is 1. The Morgan fingerprint density at radius 1 is 1.37 bits per heavy atom. The van der Waals surface area contributed by atoms with E-state index in [0.717, 1.165) is 27.6 Å². The smallest absolute Gasteiger partial charge is 0.0706 e. The van der Waals surface area contributed by atoms with Crippen LogP contribution >= 0.6 is 11.3 Å². The Hall–Kier alpha value is -0.888. The summed E-state index contributed by atoms with van der Waals surface area (Å²) in [6.07, 6.45) is 0.776. The molecule has 0 aliphatic carbocycles. The Kier molecular flexibility index (Phi) is 3.17. The van der Waals surface area contributed by atoms with Crippen molar-refractivity contribution in [2.75, 3.05) is 0 Å². The van der Waals surface area contributed by atoms with Gasteiger partial charge in [0, 0.05) is 47.1 Å². The molecule has 0 saturated heterocycles. The van der Waals surface area contributed by atoms with Gasteiger partial charge in [0.05, 0.1) is 5.01 Å². The molecule has 0 atom stereocenters. The maximum Gasteiger partial charge on any atom is 0.0706 e. The fraction of sp³-hybridized carbons (Fsp3) is 0.143. The molecule has 3 heterocycles. The van der Waals surface area contributed by atoms with Crippen LogP contribution in [-0.4, -0.2) is 9.55 Å². The topological polar surface area (TPSA) is 34.9 Å². The molecule has 5 heteroatoms. The van der Waals surface area contributed by atoms with Crippen molar-refractivity contribution in [1.29, 1.82) is 0 Å². The summed E-state index contributed by atoms with van der Waals surface area (Å²) < 4.78 is 2.12. The molecule has 1 aliphatic heterocycles. The van der Waals surface area contributed by atoms with Gasteiger partial charge >= 0.3 is 0 Å². The van der Waals surface area contributed by atoms with E-state index in [0.29, 0.717) is 5.52 Å². The summed E-state index contributed by atoms with van der Waals surface area (Å²) in [5, 5.41) is 0.917. The minimum absolute atomic E-state index is 0. The van der Waals surface area contributed by atoms with E-state index in [1.165, 1.54) is 5.56 Å². The third kappa shape index (κ3) is 1.84. The van der Waals surface area contributed by atoms with E-state index in [1.54, 1.807) is 11.3 Å². The minimum atomic E-state index is -0.0894. The largest absolute Gasteiger partial charge is 0.337 e. The van der Waals surface area contributed by atoms with Crippen LogP contribution in [0.1, 0.15) is 16.3 Å². The zero-order chi connectivity index (χ0) is 12.3. The molecule has 0 N–H and O–H groups in total. The van der Waals surface area contributed by atoms with Gasteiger partial charge in [-0.3, -0.25) is 0 Å². The van der Waals surface area contributed by atoms with Gasteiger partial charge in [0.15, 0.2) is 0 Å². The van der Waals surface area contributed by atoms with Gasteiger partial charge < -0.3 is 14.3 Å². The van der Waals surface area contributed by atoms with Gasteiger partial charge in [0.2, 0.25) is 0 Å². The fourth-order valence-electron chi connectivity index (χ4n) is 2.52. The summed E-state index contributed by atoms with van der Waals surface area (Å²) in [4.78, 5) is 17.2. The summed E-state index contributed by atoms with van der Waals surface area (Å²) in [6, 6.07) is 11.2. The summed E-state index contributed by atoms with van der Waals surface area (Å²) in [5.74, 6) is 0. The summed E-state index contributed by atoms with van der Waals surface area (Å²) in [7, 11) is 0. The van der Waals surface area contributed by atoms with Crippen LogP contribution in [0.25, 0.3) is 16.0 Å². The van der Waals surface area contributed by atoms with Gasteiger partial charge in [0.25, 0.3) is 0 Å². The van der Waals surface area contributed by atoms with Crippen LogP contribution in [0.15, 0.2) is 29.1 Å². The average Bonchev–Trinajstić information content (AvgIpc) is 2.88. The van der Waals surface area contributed by atoms with Crippen LogP contribution in [0.2, 0.25) is 0 Å². The molecule has 0 fully saturated rings. The number of hydrogen-bond acceptors (Lipinski definition) is 3. The maximum absolute atomic E-state index is 12.0. The zero-order valence-corrected chi connectivity index (χ0v) is 15.2. The van der Waals surface area contributed by atoms with E-state index in [-0.39, 0.29) is 36.5 Å². The number of fused-ring (bicyclic) bond motifs is 5. The number of rotatable bonds is 0. The molecule has 0 spiro atoms. The van der Waals surface area contributed by atoms with Crippen LogP contribution in [0.3, 0.4) is 0 Å². The number of aromatic nitrogens is 2. The van der Waals surface area contributed by atoms with Gasteiger partial charge in [-0.1, -0.05) is 23.9 Å². The van der Waals surface area contributed by atoms with E-state index >= 15 is 0 Å². The fourth-order valence-corrected chi connectivity index (χ4v) is 3.47. The zero-order valence-electron chi connectivity index (χ0n) is 10.2. The second kappa shape index (κ2) is 4.59. The maximum atomic E-state index is 12.0. The van der Waals surface area contributed by atoms with Crippen LogP contribution < -0.4 is 5.43 Å². The summed E-state index contributed by atoms with van der Waals surface area (Å²) in [6.45, 7) is 1.93. The van der Waals surface area contributed by atoms with E-state index < -0.39 is 0 Å². The first-order valence-corrected chi connectivity index (χ1v) is 6.58. The molecule has 0 saturated carbocycles. The molecule has 19 heavy (non-hydrogen) atoms. The van der Waals surface area contributed by atoms with Crippen molar-refractivity contribution in [2.45, 2.75) is 13.3 Å². The Morgan fingerprint density at radius 2 is 2.16 bits per heavy atom. The molecule has 2 aromatic heterocycles. The molecule has 1 aromatic carbocycles.